The van der Waals surface area contributed by atoms with Gasteiger partial charge in [-0.05, 0) is 38.6 Å². The summed E-state index contributed by atoms with van der Waals surface area (Å²) in [5.74, 6) is 0.916. The summed E-state index contributed by atoms with van der Waals surface area (Å²) < 4.78 is 5.93. The van der Waals surface area contributed by atoms with Gasteiger partial charge in [-0.2, -0.15) is 0 Å². The van der Waals surface area contributed by atoms with Crippen LogP contribution in [0.4, 0.5) is 0 Å². The predicted molar refractivity (Wildman–Crippen MR) is 82.0 cm³/mol. The molecule has 2 rings (SSSR count). The molecule has 1 N–H and O–H groups in total. The highest BCUT2D eigenvalue weighted by atomic mass is 16.5. The van der Waals surface area contributed by atoms with Gasteiger partial charge in [-0.25, -0.2) is 0 Å². The van der Waals surface area contributed by atoms with Crippen LogP contribution < -0.4 is 10.1 Å². The Balaban J connectivity index is 2.39. The van der Waals surface area contributed by atoms with E-state index in [1.54, 1.807) is 0 Å². The van der Waals surface area contributed by atoms with Crippen LogP contribution in [0.3, 0.4) is 0 Å². The van der Waals surface area contributed by atoms with Gasteiger partial charge < -0.3 is 10.1 Å². The Morgan fingerprint density at radius 3 is 2.50 bits per heavy atom. The van der Waals surface area contributed by atoms with Crippen molar-refractivity contribution >= 4 is 0 Å². The highest BCUT2D eigenvalue weighted by Gasteiger charge is 2.18. The average molecular weight is 270 g/mol. The van der Waals surface area contributed by atoms with Gasteiger partial charge in [0.1, 0.15) is 5.75 Å². The van der Waals surface area contributed by atoms with E-state index >= 15 is 0 Å². The molecule has 0 spiro atoms. The molecule has 106 valence electrons. The first-order valence-electron chi connectivity index (χ1n) is 7.12. The predicted octanol–water partition coefficient (Wildman–Crippen LogP) is 3.57. The topological polar surface area (TPSA) is 34.2 Å². The van der Waals surface area contributed by atoms with E-state index in [-0.39, 0.29) is 12.1 Å². The maximum atomic E-state index is 5.93. The molecule has 0 saturated carbocycles. The van der Waals surface area contributed by atoms with Gasteiger partial charge in [0.2, 0.25) is 0 Å². The van der Waals surface area contributed by atoms with Crippen molar-refractivity contribution in [3.8, 4) is 5.75 Å². The summed E-state index contributed by atoms with van der Waals surface area (Å²) in [4.78, 5) is 4.48. The van der Waals surface area contributed by atoms with Crippen LogP contribution in [0, 0.1) is 0 Å². The van der Waals surface area contributed by atoms with E-state index in [1.165, 1.54) is 0 Å². The quantitative estimate of drug-likeness (QED) is 0.871. The van der Waals surface area contributed by atoms with Crippen LogP contribution in [-0.2, 0) is 0 Å². The number of aromatic nitrogens is 1. The largest absolute Gasteiger partial charge is 0.491 e. The van der Waals surface area contributed by atoms with Gasteiger partial charge in [0, 0.05) is 11.8 Å². The molecular weight excluding hydrogens is 248 g/mol. The SMILES string of the molecule is CCNC(c1ccccn1)c1ccccc1OC(C)C. The third-order valence-corrected chi connectivity index (χ3v) is 2.98. The number of rotatable bonds is 6. The van der Waals surface area contributed by atoms with Crippen LogP contribution in [-0.4, -0.2) is 17.6 Å². The van der Waals surface area contributed by atoms with E-state index < -0.39 is 0 Å². The van der Waals surface area contributed by atoms with Crippen molar-refractivity contribution in [2.75, 3.05) is 6.54 Å². The van der Waals surface area contributed by atoms with Crippen molar-refractivity contribution < 1.29 is 4.74 Å². The number of pyridine rings is 1. The minimum Gasteiger partial charge on any atom is -0.491 e. The van der Waals surface area contributed by atoms with Crippen molar-refractivity contribution in [1.29, 1.82) is 0 Å². The Kier molecular flexibility index (Phi) is 5.13. The fourth-order valence-corrected chi connectivity index (χ4v) is 2.20. The maximum Gasteiger partial charge on any atom is 0.124 e. The number of hydrogen-bond donors (Lipinski definition) is 1. The molecule has 0 radical (unpaired) electrons. The van der Waals surface area contributed by atoms with Gasteiger partial charge in [-0.1, -0.05) is 31.2 Å². The summed E-state index contributed by atoms with van der Waals surface area (Å²) in [6.45, 7) is 7.05. The Morgan fingerprint density at radius 1 is 1.10 bits per heavy atom. The van der Waals surface area contributed by atoms with Crippen LogP contribution >= 0.6 is 0 Å². The first kappa shape index (κ1) is 14.5. The summed E-state index contributed by atoms with van der Waals surface area (Å²) in [5, 5.41) is 3.49. The zero-order valence-electron chi connectivity index (χ0n) is 12.3. The third kappa shape index (κ3) is 3.58. The first-order chi connectivity index (χ1) is 9.72. The monoisotopic (exact) mass is 270 g/mol. The second-order valence-corrected chi connectivity index (χ2v) is 4.95. The normalized spacial score (nSPS) is 12.4. The van der Waals surface area contributed by atoms with E-state index in [9.17, 15) is 0 Å². The molecule has 1 aromatic heterocycles. The van der Waals surface area contributed by atoms with Gasteiger partial charge in [0.25, 0.3) is 0 Å². The van der Waals surface area contributed by atoms with Gasteiger partial charge in [0.15, 0.2) is 0 Å². The summed E-state index contributed by atoms with van der Waals surface area (Å²) in [5.41, 5.74) is 2.14. The van der Waals surface area contributed by atoms with E-state index in [0.29, 0.717) is 0 Å². The molecule has 0 bridgehead atoms. The molecule has 2 aromatic rings. The Labute approximate surface area is 121 Å². The maximum absolute atomic E-state index is 5.93. The van der Waals surface area contributed by atoms with Crippen molar-refractivity contribution in [2.45, 2.75) is 32.9 Å². The van der Waals surface area contributed by atoms with E-state index in [4.69, 9.17) is 4.74 Å². The lowest BCUT2D eigenvalue weighted by molar-refractivity contribution is 0.238. The second kappa shape index (κ2) is 7.06. The molecule has 1 unspecified atom stereocenters. The molecule has 20 heavy (non-hydrogen) atoms. The van der Waals surface area contributed by atoms with Crippen molar-refractivity contribution in [3.05, 3.63) is 59.9 Å². The number of para-hydroxylation sites is 1. The lowest BCUT2D eigenvalue weighted by Gasteiger charge is -2.22. The van der Waals surface area contributed by atoms with Crippen LogP contribution in [0.15, 0.2) is 48.7 Å². The fourth-order valence-electron chi connectivity index (χ4n) is 2.20. The zero-order valence-corrected chi connectivity index (χ0v) is 12.3. The van der Waals surface area contributed by atoms with Crippen molar-refractivity contribution in [1.82, 2.24) is 10.3 Å². The molecule has 3 heteroatoms. The molecule has 0 aliphatic carbocycles. The number of nitrogens with zero attached hydrogens (tertiary/aromatic N) is 1. The van der Waals surface area contributed by atoms with Crippen LogP contribution in [0.25, 0.3) is 0 Å². The minimum atomic E-state index is 0.0520. The van der Waals surface area contributed by atoms with Crippen molar-refractivity contribution in [2.24, 2.45) is 0 Å². The molecular formula is C17H22N2O. The molecule has 0 aliphatic rings. The standard InChI is InChI=1S/C17H22N2O/c1-4-18-17(15-10-7-8-12-19-15)14-9-5-6-11-16(14)20-13(2)3/h5-13,17-18H,4H2,1-3H3. The lowest BCUT2D eigenvalue weighted by Crippen LogP contribution is -2.24. The number of hydrogen-bond acceptors (Lipinski definition) is 3. The molecule has 0 aliphatic heterocycles. The smallest absolute Gasteiger partial charge is 0.124 e. The van der Waals surface area contributed by atoms with E-state index in [2.05, 4.69) is 23.3 Å². The molecule has 1 atom stereocenters. The lowest BCUT2D eigenvalue weighted by atomic mass is 10.0. The summed E-state index contributed by atoms with van der Waals surface area (Å²) in [6.07, 6.45) is 1.98. The molecule has 3 nitrogen and oxygen atoms in total. The van der Waals surface area contributed by atoms with E-state index in [1.807, 2.05) is 56.4 Å². The van der Waals surface area contributed by atoms with Gasteiger partial charge in [-0.15, -0.1) is 0 Å². The molecule has 0 fully saturated rings. The summed E-state index contributed by atoms with van der Waals surface area (Å²) >= 11 is 0. The number of benzene rings is 1. The fraction of sp³-hybridized carbons (Fsp3) is 0.353. The Hall–Kier alpha value is -1.87. The summed E-state index contributed by atoms with van der Waals surface area (Å²) in [7, 11) is 0. The molecule has 1 heterocycles. The Morgan fingerprint density at radius 2 is 1.85 bits per heavy atom. The number of ether oxygens (including phenoxy) is 1. The molecule has 1 aromatic carbocycles. The number of nitrogens with one attached hydrogen (secondary N) is 1. The highest BCUT2D eigenvalue weighted by Crippen LogP contribution is 2.29. The highest BCUT2D eigenvalue weighted by molar-refractivity contribution is 5.40. The van der Waals surface area contributed by atoms with Gasteiger partial charge >= 0.3 is 0 Å². The average Bonchev–Trinajstić information content (AvgIpc) is 2.46. The summed E-state index contributed by atoms with van der Waals surface area (Å²) in [6, 6.07) is 14.2. The molecule has 0 saturated heterocycles. The Bertz CT molecular complexity index is 526. The van der Waals surface area contributed by atoms with Gasteiger partial charge in [0.05, 0.1) is 17.8 Å². The zero-order chi connectivity index (χ0) is 14.4. The van der Waals surface area contributed by atoms with Crippen LogP contribution in [0.2, 0.25) is 0 Å². The molecule has 0 amide bonds. The van der Waals surface area contributed by atoms with E-state index in [0.717, 1.165) is 23.6 Å². The van der Waals surface area contributed by atoms with Crippen molar-refractivity contribution in [3.63, 3.8) is 0 Å². The second-order valence-electron chi connectivity index (χ2n) is 4.95. The van der Waals surface area contributed by atoms with Gasteiger partial charge in [-0.3, -0.25) is 4.98 Å². The van der Waals surface area contributed by atoms with Crippen LogP contribution in [0.1, 0.15) is 38.1 Å². The minimum absolute atomic E-state index is 0.0520. The third-order valence-electron chi connectivity index (χ3n) is 2.98. The van der Waals surface area contributed by atoms with Crippen LogP contribution in [0.5, 0.6) is 5.75 Å². The first-order valence-corrected chi connectivity index (χ1v) is 7.12.